The van der Waals surface area contributed by atoms with Gasteiger partial charge < -0.3 is 5.32 Å². The maximum absolute atomic E-state index is 12.9. The quantitative estimate of drug-likeness (QED) is 0.702. The van der Waals surface area contributed by atoms with Gasteiger partial charge in [0, 0.05) is 5.56 Å². The van der Waals surface area contributed by atoms with Crippen LogP contribution >= 0.6 is 0 Å². The number of hydrogen-bond donors (Lipinski definition) is 1. The summed E-state index contributed by atoms with van der Waals surface area (Å²) < 4.78 is 38.6. The molecule has 0 saturated carbocycles. The molecule has 29 heavy (non-hydrogen) atoms. The molecule has 0 saturated heterocycles. The lowest BCUT2D eigenvalue weighted by atomic mass is 10.0. The van der Waals surface area contributed by atoms with Gasteiger partial charge in [-0.3, -0.25) is 4.79 Å². The van der Waals surface area contributed by atoms with Crippen molar-refractivity contribution < 1.29 is 18.0 Å². The van der Waals surface area contributed by atoms with Gasteiger partial charge in [0.15, 0.2) is 0 Å². The molecule has 6 nitrogen and oxygen atoms in total. The fourth-order valence-electron chi connectivity index (χ4n) is 2.79. The first-order valence-electron chi connectivity index (χ1n) is 8.95. The zero-order valence-corrected chi connectivity index (χ0v) is 16.2. The summed E-state index contributed by atoms with van der Waals surface area (Å²) in [7, 11) is 0. The molecule has 0 fully saturated rings. The van der Waals surface area contributed by atoms with Gasteiger partial charge in [-0.05, 0) is 54.8 Å². The molecule has 1 atom stereocenters. The number of carbonyl (C=O) groups excluding carboxylic acids is 1. The molecule has 0 aliphatic carbocycles. The minimum Gasteiger partial charge on any atom is -0.348 e. The van der Waals surface area contributed by atoms with Crippen molar-refractivity contribution in [2.45, 2.75) is 39.5 Å². The number of hydrogen-bond acceptors (Lipinski definition) is 4. The molecular formula is C20H20F3N5O. The summed E-state index contributed by atoms with van der Waals surface area (Å²) >= 11 is 0. The number of alkyl halides is 3. The Morgan fingerprint density at radius 2 is 1.90 bits per heavy atom. The molecule has 1 aromatic heterocycles. The number of carbonyl (C=O) groups is 1. The summed E-state index contributed by atoms with van der Waals surface area (Å²) in [5.41, 5.74) is 2.65. The van der Waals surface area contributed by atoms with Crippen LogP contribution in [0.1, 0.15) is 35.2 Å². The lowest BCUT2D eigenvalue weighted by molar-refractivity contribution is -0.137. The zero-order chi connectivity index (χ0) is 21.2. The second-order valence-electron chi connectivity index (χ2n) is 6.85. The van der Waals surface area contributed by atoms with Gasteiger partial charge in [0.05, 0.1) is 11.6 Å². The highest BCUT2D eigenvalue weighted by molar-refractivity contribution is 5.76. The maximum atomic E-state index is 12.9. The van der Waals surface area contributed by atoms with Crippen LogP contribution < -0.4 is 5.32 Å². The van der Waals surface area contributed by atoms with Gasteiger partial charge in [-0.2, -0.15) is 18.0 Å². The number of aryl methyl sites for hydroxylation is 2. The Bertz CT molecular complexity index is 1030. The molecule has 1 amide bonds. The normalized spacial score (nSPS) is 12.6. The molecule has 0 unspecified atom stereocenters. The first kappa shape index (κ1) is 20.5. The minimum absolute atomic E-state index is 0.0195. The van der Waals surface area contributed by atoms with E-state index >= 15 is 0 Å². The van der Waals surface area contributed by atoms with E-state index in [4.69, 9.17) is 0 Å². The van der Waals surface area contributed by atoms with Crippen LogP contribution in [0.25, 0.3) is 11.4 Å². The smallest absolute Gasteiger partial charge is 0.348 e. The Kier molecular flexibility index (Phi) is 5.67. The third-order valence-corrected chi connectivity index (χ3v) is 4.59. The summed E-state index contributed by atoms with van der Waals surface area (Å²) in [6.45, 7) is 5.69. The lowest BCUT2D eigenvalue weighted by Gasteiger charge is -2.15. The topological polar surface area (TPSA) is 72.7 Å². The summed E-state index contributed by atoms with van der Waals surface area (Å²) in [6, 6.07) is 10.4. The highest BCUT2D eigenvalue weighted by Gasteiger charge is 2.30. The Morgan fingerprint density at radius 1 is 1.14 bits per heavy atom. The van der Waals surface area contributed by atoms with Crippen molar-refractivity contribution in [1.82, 2.24) is 25.5 Å². The van der Waals surface area contributed by atoms with E-state index in [1.165, 1.54) is 17.7 Å². The van der Waals surface area contributed by atoms with Crippen LogP contribution in [0.2, 0.25) is 0 Å². The average molecular weight is 403 g/mol. The summed E-state index contributed by atoms with van der Waals surface area (Å²) in [4.78, 5) is 13.3. The van der Waals surface area contributed by atoms with Crippen molar-refractivity contribution in [1.29, 1.82) is 0 Å². The predicted octanol–water partition coefficient (Wildman–Crippen LogP) is 3.85. The number of nitrogens with one attached hydrogen (secondary N) is 1. The van der Waals surface area contributed by atoms with Crippen molar-refractivity contribution in [2.75, 3.05) is 0 Å². The SMILES string of the molecule is Cc1ccc([C@H](C)NC(=O)Cn2nnc(-c3cccc(C(F)(F)F)c3)n2)cc1C. The van der Waals surface area contributed by atoms with Gasteiger partial charge in [0.1, 0.15) is 6.54 Å². The van der Waals surface area contributed by atoms with Crippen LogP contribution in [-0.4, -0.2) is 26.1 Å². The number of benzene rings is 2. The van der Waals surface area contributed by atoms with Gasteiger partial charge in [-0.25, -0.2) is 0 Å². The summed E-state index contributed by atoms with van der Waals surface area (Å²) in [6.07, 6.45) is -4.46. The van der Waals surface area contributed by atoms with Crippen molar-refractivity contribution >= 4 is 5.91 Å². The molecule has 0 spiro atoms. The summed E-state index contributed by atoms with van der Waals surface area (Å²) in [5, 5.41) is 14.4. The Hall–Kier alpha value is -3.23. The van der Waals surface area contributed by atoms with E-state index in [9.17, 15) is 18.0 Å². The number of rotatable bonds is 5. The van der Waals surface area contributed by atoms with E-state index in [1.807, 2.05) is 39.0 Å². The van der Waals surface area contributed by atoms with Crippen molar-refractivity contribution in [3.05, 3.63) is 64.7 Å². The molecule has 3 aromatic rings. The second-order valence-corrected chi connectivity index (χ2v) is 6.85. The van der Waals surface area contributed by atoms with E-state index < -0.39 is 11.7 Å². The molecule has 0 aliphatic heterocycles. The molecular weight excluding hydrogens is 383 g/mol. The average Bonchev–Trinajstić information content (AvgIpc) is 3.11. The van der Waals surface area contributed by atoms with Crippen LogP contribution in [-0.2, 0) is 17.5 Å². The van der Waals surface area contributed by atoms with Crippen molar-refractivity contribution in [3.63, 3.8) is 0 Å². The van der Waals surface area contributed by atoms with Crippen LogP contribution in [0.4, 0.5) is 13.2 Å². The number of halogens is 3. The summed E-state index contributed by atoms with van der Waals surface area (Å²) in [5.74, 6) is -0.310. The van der Waals surface area contributed by atoms with Crippen LogP contribution in [0, 0.1) is 13.8 Å². The minimum atomic E-state index is -4.46. The van der Waals surface area contributed by atoms with Gasteiger partial charge in [0.2, 0.25) is 11.7 Å². The highest BCUT2D eigenvalue weighted by atomic mass is 19.4. The van der Waals surface area contributed by atoms with E-state index in [0.29, 0.717) is 0 Å². The fraction of sp³-hybridized carbons (Fsp3) is 0.300. The molecule has 0 radical (unpaired) electrons. The number of aromatic nitrogens is 4. The molecule has 152 valence electrons. The number of nitrogens with zero attached hydrogens (tertiary/aromatic N) is 4. The molecule has 1 N–H and O–H groups in total. The predicted molar refractivity (Wildman–Crippen MR) is 101 cm³/mol. The van der Waals surface area contributed by atoms with Crippen LogP contribution in [0.5, 0.6) is 0 Å². The lowest BCUT2D eigenvalue weighted by Crippen LogP contribution is -2.30. The standard InChI is InChI=1S/C20H20F3N5O/c1-12-7-8-15(9-13(12)2)14(3)24-18(29)11-28-26-19(25-27-28)16-5-4-6-17(10-16)20(21,22)23/h4-10,14H,11H2,1-3H3,(H,24,29)/t14-/m0/s1. The van der Waals surface area contributed by atoms with Crippen LogP contribution in [0.15, 0.2) is 42.5 Å². The Labute approximate surface area is 165 Å². The van der Waals surface area contributed by atoms with Gasteiger partial charge >= 0.3 is 6.18 Å². The number of tetrazole rings is 1. The van der Waals surface area contributed by atoms with E-state index in [0.717, 1.165) is 28.1 Å². The Morgan fingerprint density at radius 3 is 2.59 bits per heavy atom. The van der Waals surface area contributed by atoms with Crippen LogP contribution in [0.3, 0.4) is 0 Å². The molecule has 2 aromatic carbocycles. The zero-order valence-electron chi connectivity index (χ0n) is 16.2. The first-order valence-corrected chi connectivity index (χ1v) is 8.95. The maximum Gasteiger partial charge on any atom is 0.416 e. The molecule has 3 rings (SSSR count). The largest absolute Gasteiger partial charge is 0.416 e. The molecule has 9 heteroatoms. The monoisotopic (exact) mass is 403 g/mol. The molecule has 0 bridgehead atoms. The van der Waals surface area contributed by atoms with E-state index in [2.05, 4.69) is 20.7 Å². The van der Waals surface area contributed by atoms with Gasteiger partial charge in [-0.1, -0.05) is 30.3 Å². The van der Waals surface area contributed by atoms with Gasteiger partial charge in [-0.15, -0.1) is 10.2 Å². The highest BCUT2D eigenvalue weighted by Crippen LogP contribution is 2.31. The third kappa shape index (κ3) is 4.98. The van der Waals surface area contributed by atoms with E-state index in [1.54, 1.807) is 0 Å². The first-order chi connectivity index (χ1) is 13.6. The molecule has 1 heterocycles. The van der Waals surface area contributed by atoms with E-state index in [-0.39, 0.29) is 29.9 Å². The number of amides is 1. The third-order valence-electron chi connectivity index (χ3n) is 4.59. The molecule has 0 aliphatic rings. The Balaban J connectivity index is 1.67. The fourth-order valence-corrected chi connectivity index (χ4v) is 2.79. The van der Waals surface area contributed by atoms with Crippen molar-refractivity contribution in [2.24, 2.45) is 0 Å². The second kappa shape index (κ2) is 8.02. The van der Waals surface area contributed by atoms with Crippen molar-refractivity contribution in [3.8, 4) is 11.4 Å². The van der Waals surface area contributed by atoms with Gasteiger partial charge in [0.25, 0.3) is 0 Å².